The molecule has 0 saturated heterocycles. The minimum Gasteiger partial charge on any atom is -0.291 e. The second-order valence-electron chi connectivity index (χ2n) is 6.57. The number of benzene rings is 2. The third-order valence-electron chi connectivity index (χ3n) is 5.23. The molecule has 0 bridgehead atoms. The third-order valence-corrected chi connectivity index (χ3v) is 5.72. The summed E-state index contributed by atoms with van der Waals surface area (Å²) in [7, 11) is 0. The smallest absolute Gasteiger partial charge is 0.0706 e. The van der Waals surface area contributed by atoms with Crippen molar-refractivity contribution in [1.82, 2.24) is 9.88 Å². The number of pyridine rings is 1. The van der Waals surface area contributed by atoms with Crippen LogP contribution < -0.4 is 0 Å². The molecule has 2 aliphatic rings. The first-order valence-electron chi connectivity index (χ1n) is 8.18. The average Bonchev–Trinajstić information content (AvgIpc) is 2.58. The predicted molar refractivity (Wildman–Crippen MR) is 96.4 cm³/mol. The summed E-state index contributed by atoms with van der Waals surface area (Å²) in [5.41, 5.74) is 6.79. The van der Waals surface area contributed by atoms with Gasteiger partial charge in [0.05, 0.1) is 5.52 Å². The summed E-state index contributed by atoms with van der Waals surface area (Å²) in [5, 5.41) is 1.23. The molecule has 0 spiro atoms. The molecule has 1 aromatic heterocycles. The van der Waals surface area contributed by atoms with Gasteiger partial charge in [0.2, 0.25) is 0 Å². The molecule has 0 aliphatic carbocycles. The Morgan fingerprint density at radius 3 is 2.91 bits per heavy atom. The van der Waals surface area contributed by atoms with Crippen LogP contribution in [0.2, 0.25) is 0 Å². The second kappa shape index (κ2) is 5.15. The molecule has 0 amide bonds. The maximum absolute atomic E-state index is 4.97. The van der Waals surface area contributed by atoms with Crippen LogP contribution in [-0.2, 0) is 19.4 Å². The molecule has 2 aliphatic heterocycles. The molecule has 1 unspecified atom stereocenters. The molecule has 0 saturated carbocycles. The molecule has 2 aromatic carbocycles. The van der Waals surface area contributed by atoms with Crippen molar-refractivity contribution < 1.29 is 0 Å². The van der Waals surface area contributed by atoms with Crippen LogP contribution in [0.15, 0.2) is 53.0 Å². The summed E-state index contributed by atoms with van der Waals surface area (Å²) in [6, 6.07) is 18.1. The van der Waals surface area contributed by atoms with Crippen LogP contribution >= 0.6 is 15.9 Å². The van der Waals surface area contributed by atoms with Crippen LogP contribution in [-0.4, -0.2) is 16.4 Å². The molecule has 5 rings (SSSR count). The van der Waals surface area contributed by atoms with Crippen LogP contribution in [0.25, 0.3) is 10.9 Å². The van der Waals surface area contributed by atoms with E-state index >= 15 is 0 Å². The first-order chi connectivity index (χ1) is 11.3. The van der Waals surface area contributed by atoms with Crippen LogP contribution in [0.1, 0.15) is 28.4 Å². The Morgan fingerprint density at radius 1 is 1.04 bits per heavy atom. The normalized spacial score (nSPS) is 20.0. The van der Waals surface area contributed by atoms with E-state index in [0.29, 0.717) is 6.04 Å². The summed E-state index contributed by atoms with van der Waals surface area (Å²) in [6.07, 6.45) is 2.19. The lowest BCUT2D eigenvalue weighted by Gasteiger charge is -2.41. The largest absolute Gasteiger partial charge is 0.291 e. The lowest BCUT2D eigenvalue weighted by Crippen LogP contribution is -2.39. The van der Waals surface area contributed by atoms with Crippen LogP contribution in [0.4, 0.5) is 0 Å². The molecule has 1 atom stereocenters. The molecule has 0 N–H and O–H groups in total. The van der Waals surface area contributed by atoms with Gasteiger partial charge in [-0.05, 0) is 47.4 Å². The van der Waals surface area contributed by atoms with Gasteiger partial charge in [0, 0.05) is 41.1 Å². The molecular formula is C20H17BrN2. The Balaban J connectivity index is 1.62. The van der Waals surface area contributed by atoms with E-state index < -0.39 is 0 Å². The standard InChI is InChI=1S/C20H17BrN2/c21-16-5-6-18-14(10-16)9-15-12-23-8-7-13-3-1-2-4-17(13)20(23)11-19(15)22-18/h1-6,9-10,20H,7-8,11-12H2. The summed E-state index contributed by atoms with van der Waals surface area (Å²) in [5.74, 6) is 0. The van der Waals surface area contributed by atoms with Gasteiger partial charge in [0.25, 0.3) is 0 Å². The first-order valence-corrected chi connectivity index (χ1v) is 8.97. The minimum atomic E-state index is 0.493. The van der Waals surface area contributed by atoms with Gasteiger partial charge >= 0.3 is 0 Å². The Labute approximate surface area is 144 Å². The molecule has 0 fully saturated rings. The average molecular weight is 365 g/mol. The molecule has 3 heterocycles. The van der Waals surface area contributed by atoms with Gasteiger partial charge in [-0.25, -0.2) is 0 Å². The summed E-state index contributed by atoms with van der Waals surface area (Å²) in [6.45, 7) is 2.17. The number of halogens is 1. The zero-order chi connectivity index (χ0) is 15.4. The van der Waals surface area contributed by atoms with Gasteiger partial charge in [-0.3, -0.25) is 9.88 Å². The highest BCUT2D eigenvalue weighted by Crippen LogP contribution is 2.38. The number of fused-ring (bicyclic) bond motifs is 5. The number of rotatable bonds is 0. The van der Waals surface area contributed by atoms with E-state index in [4.69, 9.17) is 4.98 Å². The molecule has 23 heavy (non-hydrogen) atoms. The number of hydrogen-bond donors (Lipinski definition) is 0. The van der Waals surface area contributed by atoms with Gasteiger partial charge in [-0.15, -0.1) is 0 Å². The van der Waals surface area contributed by atoms with Crippen molar-refractivity contribution in [3.8, 4) is 0 Å². The Hall–Kier alpha value is -1.71. The van der Waals surface area contributed by atoms with Gasteiger partial charge in [-0.2, -0.15) is 0 Å². The van der Waals surface area contributed by atoms with Crippen LogP contribution in [0.3, 0.4) is 0 Å². The summed E-state index contributed by atoms with van der Waals surface area (Å²) >= 11 is 3.56. The molecule has 114 valence electrons. The Kier molecular flexibility index (Phi) is 3.07. The van der Waals surface area contributed by atoms with Crippen molar-refractivity contribution in [2.75, 3.05) is 6.54 Å². The second-order valence-corrected chi connectivity index (χ2v) is 7.49. The van der Waals surface area contributed by atoms with E-state index in [1.54, 1.807) is 0 Å². The maximum Gasteiger partial charge on any atom is 0.0706 e. The lowest BCUT2D eigenvalue weighted by atomic mass is 9.86. The number of hydrogen-bond acceptors (Lipinski definition) is 2. The molecule has 3 heteroatoms. The fraction of sp³-hybridized carbons (Fsp3) is 0.250. The molecule has 3 aromatic rings. The third kappa shape index (κ3) is 2.22. The summed E-state index contributed by atoms with van der Waals surface area (Å²) < 4.78 is 1.12. The van der Waals surface area contributed by atoms with Crippen molar-refractivity contribution in [2.24, 2.45) is 0 Å². The Bertz CT molecular complexity index is 919. The van der Waals surface area contributed by atoms with Gasteiger partial charge in [0.1, 0.15) is 0 Å². The molecular weight excluding hydrogens is 348 g/mol. The van der Waals surface area contributed by atoms with E-state index in [2.05, 4.69) is 69.4 Å². The van der Waals surface area contributed by atoms with E-state index in [-0.39, 0.29) is 0 Å². The van der Waals surface area contributed by atoms with Crippen molar-refractivity contribution in [3.05, 3.63) is 75.4 Å². The highest BCUT2D eigenvalue weighted by atomic mass is 79.9. The van der Waals surface area contributed by atoms with Gasteiger partial charge in [0.15, 0.2) is 0 Å². The highest BCUT2D eigenvalue weighted by molar-refractivity contribution is 9.10. The van der Waals surface area contributed by atoms with Gasteiger partial charge in [-0.1, -0.05) is 40.2 Å². The SMILES string of the molecule is Brc1ccc2nc3c(cc2c1)CN1CCc2ccccc2C1C3. The van der Waals surface area contributed by atoms with E-state index in [0.717, 1.165) is 35.9 Å². The van der Waals surface area contributed by atoms with Crippen molar-refractivity contribution in [3.63, 3.8) is 0 Å². The highest BCUT2D eigenvalue weighted by Gasteiger charge is 2.32. The van der Waals surface area contributed by atoms with E-state index in [9.17, 15) is 0 Å². The Morgan fingerprint density at radius 2 is 1.96 bits per heavy atom. The molecule has 0 radical (unpaired) electrons. The number of nitrogens with zero attached hydrogens (tertiary/aromatic N) is 2. The quantitative estimate of drug-likeness (QED) is 0.576. The van der Waals surface area contributed by atoms with Crippen LogP contribution in [0, 0.1) is 0 Å². The topological polar surface area (TPSA) is 16.1 Å². The monoisotopic (exact) mass is 364 g/mol. The fourth-order valence-electron chi connectivity index (χ4n) is 4.08. The van der Waals surface area contributed by atoms with Crippen molar-refractivity contribution >= 4 is 26.8 Å². The van der Waals surface area contributed by atoms with Crippen molar-refractivity contribution in [1.29, 1.82) is 0 Å². The van der Waals surface area contributed by atoms with Crippen molar-refractivity contribution in [2.45, 2.75) is 25.4 Å². The summed E-state index contributed by atoms with van der Waals surface area (Å²) in [4.78, 5) is 7.59. The zero-order valence-corrected chi connectivity index (χ0v) is 14.4. The van der Waals surface area contributed by atoms with Gasteiger partial charge < -0.3 is 0 Å². The minimum absolute atomic E-state index is 0.493. The first kappa shape index (κ1) is 13.7. The van der Waals surface area contributed by atoms with Crippen LogP contribution in [0.5, 0.6) is 0 Å². The lowest BCUT2D eigenvalue weighted by molar-refractivity contribution is 0.159. The predicted octanol–water partition coefficient (Wildman–Crippen LogP) is 4.65. The van der Waals surface area contributed by atoms with E-state index in [1.807, 2.05) is 0 Å². The zero-order valence-electron chi connectivity index (χ0n) is 12.8. The maximum atomic E-state index is 4.97. The number of aromatic nitrogens is 1. The fourth-order valence-corrected chi connectivity index (χ4v) is 4.46. The van der Waals surface area contributed by atoms with E-state index in [1.165, 1.54) is 27.8 Å². The molecule has 2 nitrogen and oxygen atoms in total.